The van der Waals surface area contributed by atoms with Crippen molar-refractivity contribution in [2.45, 2.75) is 6.54 Å². The summed E-state index contributed by atoms with van der Waals surface area (Å²) < 4.78 is 0. The first kappa shape index (κ1) is 21.2. The highest BCUT2D eigenvalue weighted by Gasteiger charge is 2.08. The van der Waals surface area contributed by atoms with Gasteiger partial charge in [-0.2, -0.15) is 0 Å². The third-order valence-corrected chi connectivity index (χ3v) is 3.87. The van der Waals surface area contributed by atoms with Crippen LogP contribution in [-0.4, -0.2) is 25.3 Å². The molecule has 2 aromatic carbocycles. The highest BCUT2D eigenvalue weighted by molar-refractivity contribution is 6.39. The van der Waals surface area contributed by atoms with Crippen molar-refractivity contribution in [3.05, 3.63) is 56.0 Å². The molecule has 0 aromatic heterocycles. The molecule has 2 aromatic rings. The summed E-state index contributed by atoms with van der Waals surface area (Å²) in [4.78, 5) is 6.07. The third-order valence-electron chi connectivity index (χ3n) is 2.85. The van der Waals surface area contributed by atoms with E-state index >= 15 is 0 Å². The summed E-state index contributed by atoms with van der Waals surface area (Å²) in [5.74, 6) is 0. The molecule has 0 unspecified atom stereocenters. The van der Waals surface area contributed by atoms with Crippen LogP contribution in [0, 0.1) is 0 Å². The quantitative estimate of drug-likeness (QED) is 0.432. The molecule has 0 aliphatic heterocycles. The predicted octanol–water partition coefficient (Wildman–Crippen LogP) is 6.56. The van der Waals surface area contributed by atoms with E-state index in [2.05, 4.69) is 10.3 Å². The molecule has 0 bridgehead atoms. The second-order valence-corrected chi connectivity index (χ2v) is 6.82. The van der Waals surface area contributed by atoms with Crippen molar-refractivity contribution in [1.29, 1.82) is 0 Å². The van der Waals surface area contributed by atoms with Gasteiger partial charge in [0.1, 0.15) is 5.69 Å². The molecule has 0 spiro atoms. The lowest BCUT2D eigenvalue weighted by Gasteiger charge is -2.11. The maximum absolute atomic E-state index is 6.25. The zero-order valence-electron chi connectivity index (χ0n) is 13.0. The van der Waals surface area contributed by atoms with Crippen molar-refractivity contribution in [2.75, 3.05) is 19.4 Å². The lowest BCUT2D eigenvalue weighted by atomic mass is 10.2. The SMILES string of the molecule is CN(C)C=Nc1c(Cl)cc(NCc2cc(Cl)cc(Cl)c2)cc1Cl.Cl. The molecule has 0 radical (unpaired) electrons. The van der Waals surface area contributed by atoms with Crippen molar-refractivity contribution in [2.24, 2.45) is 4.99 Å². The van der Waals surface area contributed by atoms with Crippen molar-refractivity contribution in [1.82, 2.24) is 4.90 Å². The van der Waals surface area contributed by atoms with Crippen LogP contribution in [0.25, 0.3) is 0 Å². The smallest absolute Gasteiger partial charge is 0.102 e. The van der Waals surface area contributed by atoms with Gasteiger partial charge in [0, 0.05) is 36.4 Å². The van der Waals surface area contributed by atoms with E-state index in [1.54, 1.807) is 24.5 Å². The molecule has 0 heterocycles. The number of hydrogen-bond donors (Lipinski definition) is 1. The maximum atomic E-state index is 6.25. The second kappa shape index (κ2) is 9.59. The number of rotatable bonds is 5. The van der Waals surface area contributed by atoms with Gasteiger partial charge in [-0.25, -0.2) is 4.99 Å². The average molecular weight is 428 g/mol. The molecule has 0 atom stereocenters. The molecule has 0 aliphatic rings. The van der Waals surface area contributed by atoms with Gasteiger partial charge in [0.25, 0.3) is 0 Å². The van der Waals surface area contributed by atoms with Gasteiger partial charge >= 0.3 is 0 Å². The van der Waals surface area contributed by atoms with Crippen molar-refractivity contribution in [3.63, 3.8) is 0 Å². The number of hydrogen-bond acceptors (Lipinski definition) is 2. The van der Waals surface area contributed by atoms with E-state index in [9.17, 15) is 0 Å². The van der Waals surface area contributed by atoms with E-state index in [1.807, 2.05) is 31.1 Å². The van der Waals surface area contributed by atoms with Crippen molar-refractivity contribution >= 4 is 76.5 Å². The molecule has 8 heteroatoms. The zero-order chi connectivity index (χ0) is 17.0. The summed E-state index contributed by atoms with van der Waals surface area (Å²) in [6, 6.07) is 8.94. The zero-order valence-corrected chi connectivity index (χ0v) is 16.8. The number of anilines is 1. The van der Waals surface area contributed by atoms with E-state index in [0.29, 0.717) is 32.3 Å². The maximum Gasteiger partial charge on any atom is 0.102 e. The highest BCUT2D eigenvalue weighted by Crippen LogP contribution is 2.36. The molecule has 3 nitrogen and oxygen atoms in total. The van der Waals surface area contributed by atoms with Crippen LogP contribution in [0.15, 0.2) is 35.3 Å². The third kappa shape index (κ3) is 6.23. The fourth-order valence-corrected chi connectivity index (χ4v) is 3.04. The highest BCUT2D eigenvalue weighted by atomic mass is 35.5. The largest absolute Gasteiger partial charge is 0.381 e. The molecule has 2 rings (SSSR count). The van der Waals surface area contributed by atoms with Gasteiger partial charge in [-0.15, -0.1) is 12.4 Å². The van der Waals surface area contributed by atoms with Crippen LogP contribution in [0.2, 0.25) is 20.1 Å². The van der Waals surface area contributed by atoms with Gasteiger partial charge in [0.2, 0.25) is 0 Å². The van der Waals surface area contributed by atoms with Crippen molar-refractivity contribution < 1.29 is 0 Å². The molecule has 24 heavy (non-hydrogen) atoms. The van der Waals surface area contributed by atoms with Crippen LogP contribution in [0.3, 0.4) is 0 Å². The summed E-state index contributed by atoms with van der Waals surface area (Å²) in [6.45, 7) is 0.549. The average Bonchev–Trinajstić information content (AvgIpc) is 2.43. The van der Waals surface area contributed by atoms with Crippen LogP contribution < -0.4 is 5.32 Å². The van der Waals surface area contributed by atoms with E-state index in [4.69, 9.17) is 46.4 Å². The fraction of sp³-hybridized carbons (Fsp3) is 0.188. The predicted molar refractivity (Wildman–Crippen MR) is 109 cm³/mol. The van der Waals surface area contributed by atoms with Crippen LogP contribution in [0.4, 0.5) is 11.4 Å². The number of nitrogens with zero attached hydrogens (tertiary/aromatic N) is 2. The monoisotopic (exact) mass is 425 g/mol. The van der Waals surface area contributed by atoms with Gasteiger partial charge < -0.3 is 10.2 Å². The minimum Gasteiger partial charge on any atom is -0.381 e. The molecule has 0 amide bonds. The van der Waals surface area contributed by atoms with E-state index in [-0.39, 0.29) is 12.4 Å². The normalized spacial score (nSPS) is 10.6. The van der Waals surface area contributed by atoms with Gasteiger partial charge in [-0.3, -0.25) is 0 Å². The second-order valence-electron chi connectivity index (χ2n) is 5.13. The summed E-state index contributed by atoms with van der Waals surface area (Å²) in [6.07, 6.45) is 1.65. The van der Waals surface area contributed by atoms with E-state index in [1.165, 1.54) is 0 Å². The first-order valence-corrected chi connectivity index (χ1v) is 8.25. The first-order chi connectivity index (χ1) is 10.8. The molecular weight excluding hydrogens is 411 g/mol. The molecule has 0 fully saturated rings. The molecular formula is C16H16Cl5N3. The Labute approximate surface area is 168 Å². The fourth-order valence-electron chi connectivity index (χ4n) is 1.88. The lowest BCUT2D eigenvalue weighted by Crippen LogP contribution is -2.07. The number of aliphatic imine (C=N–C) groups is 1. The Morgan fingerprint density at radius 3 is 2.00 bits per heavy atom. The minimum atomic E-state index is 0. The van der Waals surface area contributed by atoms with E-state index < -0.39 is 0 Å². The molecule has 0 saturated heterocycles. The van der Waals surface area contributed by atoms with Gasteiger partial charge in [0.05, 0.1) is 16.4 Å². The first-order valence-electron chi connectivity index (χ1n) is 6.73. The van der Waals surface area contributed by atoms with Crippen LogP contribution in [-0.2, 0) is 6.54 Å². The molecule has 0 saturated carbocycles. The van der Waals surface area contributed by atoms with Gasteiger partial charge in [0.15, 0.2) is 0 Å². The van der Waals surface area contributed by atoms with Crippen molar-refractivity contribution in [3.8, 4) is 0 Å². The Bertz CT molecular complexity index is 688. The standard InChI is InChI=1S/C16H15Cl4N3.ClH/c1-23(2)9-22-16-14(19)6-13(7-15(16)20)21-8-10-3-11(17)5-12(18)4-10;/h3-7,9,21H,8H2,1-2H3;1H. The molecule has 1 N–H and O–H groups in total. The molecule has 130 valence electrons. The summed E-state index contributed by atoms with van der Waals surface area (Å²) >= 11 is 24.5. The Hall–Kier alpha value is -0.840. The molecule has 0 aliphatic carbocycles. The van der Waals surface area contributed by atoms with Crippen LogP contribution in [0.5, 0.6) is 0 Å². The summed E-state index contributed by atoms with van der Waals surface area (Å²) in [5.41, 5.74) is 2.29. The Morgan fingerprint density at radius 2 is 1.50 bits per heavy atom. The number of halogens is 5. The summed E-state index contributed by atoms with van der Waals surface area (Å²) in [7, 11) is 3.74. The van der Waals surface area contributed by atoms with Crippen LogP contribution in [0.1, 0.15) is 5.56 Å². The number of benzene rings is 2. The number of nitrogens with one attached hydrogen (secondary N) is 1. The minimum absolute atomic E-state index is 0. The Balaban J connectivity index is 0.00000288. The van der Waals surface area contributed by atoms with Crippen LogP contribution >= 0.6 is 58.8 Å². The lowest BCUT2D eigenvalue weighted by molar-refractivity contribution is 0.643. The Morgan fingerprint density at radius 1 is 0.958 bits per heavy atom. The van der Waals surface area contributed by atoms with E-state index in [0.717, 1.165) is 11.3 Å². The topological polar surface area (TPSA) is 27.6 Å². The Kier molecular flexibility index (Phi) is 8.48. The summed E-state index contributed by atoms with van der Waals surface area (Å²) in [5, 5.41) is 5.38. The van der Waals surface area contributed by atoms with Gasteiger partial charge in [-0.1, -0.05) is 46.4 Å². The van der Waals surface area contributed by atoms with Gasteiger partial charge in [-0.05, 0) is 35.9 Å².